The third-order valence-electron chi connectivity index (χ3n) is 3.35. The van der Waals surface area contributed by atoms with Crippen molar-refractivity contribution in [3.05, 3.63) is 57.8 Å². The molecule has 0 spiro atoms. The quantitative estimate of drug-likeness (QED) is 0.187. The molecule has 1 aromatic carbocycles. The molecule has 0 atom stereocenters. The summed E-state index contributed by atoms with van der Waals surface area (Å²) in [6.45, 7) is 2.23. The Bertz CT molecular complexity index is 828. The Hall–Kier alpha value is -3.40. The third kappa shape index (κ3) is 4.78. The zero-order chi connectivity index (χ0) is 18.2. The van der Waals surface area contributed by atoms with Crippen LogP contribution in [0.25, 0.3) is 17.4 Å². The maximum absolute atomic E-state index is 11.8. The zero-order valence-corrected chi connectivity index (χ0v) is 13.6. The molecule has 25 heavy (non-hydrogen) atoms. The van der Waals surface area contributed by atoms with Gasteiger partial charge in [0.15, 0.2) is 0 Å². The van der Waals surface area contributed by atoms with Gasteiger partial charge in [-0.2, -0.15) is 5.26 Å². The molecule has 7 heteroatoms. The standard InChI is InChI=1S/C18H16N2O5/c1-2-3-10-24-18(21)14(12-19)11-16-8-9-17(25-16)13-4-6-15(7-5-13)20(22)23/h4-9,11H,2-3,10H2,1H3/b14-11+. The fourth-order valence-electron chi connectivity index (χ4n) is 2.00. The molecule has 1 aromatic heterocycles. The molecular weight excluding hydrogens is 324 g/mol. The molecule has 0 unspecified atom stereocenters. The summed E-state index contributed by atoms with van der Waals surface area (Å²) in [5.41, 5.74) is 0.479. The zero-order valence-electron chi connectivity index (χ0n) is 13.6. The Kier molecular flexibility index (Phi) is 6.07. The van der Waals surface area contributed by atoms with Crippen LogP contribution in [-0.2, 0) is 9.53 Å². The maximum Gasteiger partial charge on any atom is 0.349 e. The molecule has 0 amide bonds. The highest BCUT2D eigenvalue weighted by Gasteiger charge is 2.13. The van der Waals surface area contributed by atoms with E-state index in [-0.39, 0.29) is 17.9 Å². The van der Waals surface area contributed by atoms with Crippen molar-refractivity contribution >= 4 is 17.7 Å². The molecule has 0 aliphatic rings. The second-order valence-electron chi connectivity index (χ2n) is 5.17. The lowest BCUT2D eigenvalue weighted by atomic mass is 10.1. The SMILES string of the molecule is CCCCOC(=O)/C(C#N)=C/c1ccc(-c2ccc([N+](=O)[O-])cc2)o1. The highest BCUT2D eigenvalue weighted by molar-refractivity contribution is 5.97. The number of furan rings is 1. The van der Waals surface area contributed by atoms with E-state index in [4.69, 9.17) is 14.4 Å². The third-order valence-corrected chi connectivity index (χ3v) is 3.35. The number of nitro groups is 1. The monoisotopic (exact) mass is 340 g/mol. The molecule has 2 rings (SSSR count). The Morgan fingerprint density at radius 1 is 1.32 bits per heavy atom. The highest BCUT2D eigenvalue weighted by Crippen LogP contribution is 2.25. The van der Waals surface area contributed by atoms with E-state index < -0.39 is 10.9 Å². The molecule has 0 aliphatic carbocycles. The van der Waals surface area contributed by atoms with Crippen molar-refractivity contribution in [1.29, 1.82) is 5.26 Å². The van der Waals surface area contributed by atoms with Crippen LogP contribution in [0.2, 0.25) is 0 Å². The second kappa shape index (κ2) is 8.45. The molecule has 2 aromatic rings. The first-order valence-electron chi connectivity index (χ1n) is 7.68. The number of esters is 1. The molecule has 0 radical (unpaired) electrons. The van der Waals surface area contributed by atoms with E-state index in [0.29, 0.717) is 17.1 Å². The van der Waals surface area contributed by atoms with Crippen molar-refractivity contribution in [3.8, 4) is 17.4 Å². The van der Waals surface area contributed by atoms with Gasteiger partial charge in [0.05, 0.1) is 11.5 Å². The van der Waals surface area contributed by atoms with Gasteiger partial charge >= 0.3 is 5.97 Å². The van der Waals surface area contributed by atoms with Crippen LogP contribution >= 0.6 is 0 Å². The fraction of sp³-hybridized carbons (Fsp3) is 0.222. The van der Waals surface area contributed by atoms with Crippen LogP contribution in [-0.4, -0.2) is 17.5 Å². The minimum atomic E-state index is -0.691. The number of nitro benzene ring substituents is 1. The van der Waals surface area contributed by atoms with Crippen molar-refractivity contribution in [2.75, 3.05) is 6.61 Å². The average molecular weight is 340 g/mol. The first-order chi connectivity index (χ1) is 12.0. The molecular formula is C18H16N2O5. The summed E-state index contributed by atoms with van der Waals surface area (Å²) in [7, 11) is 0. The number of nitrogens with zero attached hydrogens (tertiary/aromatic N) is 2. The summed E-state index contributed by atoms with van der Waals surface area (Å²) < 4.78 is 10.6. The van der Waals surface area contributed by atoms with E-state index in [2.05, 4.69) is 0 Å². The Morgan fingerprint density at radius 2 is 2.04 bits per heavy atom. The van der Waals surface area contributed by atoms with Gasteiger partial charge in [0.1, 0.15) is 23.2 Å². The van der Waals surface area contributed by atoms with Crippen molar-refractivity contribution in [2.24, 2.45) is 0 Å². The minimum Gasteiger partial charge on any atom is -0.462 e. The van der Waals surface area contributed by atoms with Crippen LogP contribution < -0.4 is 0 Å². The number of benzene rings is 1. The van der Waals surface area contributed by atoms with Crippen LogP contribution in [0.15, 0.2) is 46.4 Å². The highest BCUT2D eigenvalue weighted by atomic mass is 16.6. The number of carbonyl (C=O) groups excluding carboxylic acids is 1. The van der Waals surface area contributed by atoms with E-state index in [9.17, 15) is 14.9 Å². The lowest BCUT2D eigenvalue weighted by Crippen LogP contribution is -2.07. The van der Waals surface area contributed by atoms with Crippen molar-refractivity contribution in [1.82, 2.24) is 0 Å². The topological polar surface area (TPSA) is 106 Å². The fourth-order valence-corrected chi connectivity index (χ4v) is 2.00. The smallest absolute Gasteiger partial charge is 0.349 e. The first kappa shape index (κ1) is 17.9. The van der Waals surface area contributed by atoms with Gasteiger partial charge in [0.25, 0.3) is 5.69 Å². The van der Waals surface area contributed by atoms with Crippen LogP contribution in [0, 0.1) is 21.4 Å². The summed E-state index contributed by atoms with van der Waals surface area (Å²) in [6, 6.07) is 10.9. The van der Waals surface area contributed by atoms with Gasteiger partial charge in [0, 0.05) is 23.8 Å². The van der Waals surface area contributed by atoms with Gasteiger partial charge in [0.2, 0.25) is 0 Å². The van der Waals surface area contributed by atoms with E-state index >= 15 is 0 Å². The van der Waals surface area contributed by atoms with E-state index in [0.717, 1.165) is 12.8 Å². The molecule has 1 heterocycles. The van der Waals surface area contributed by atoms with Crippen molar-refractivity contribution in [2.45, 2.75) is 19.8 Å². The molecule has 0 saturated heterocycles. The number of rotatable bonds is 7. The number of non-ortho nitro benzene ring substituents is 1. The van der Waals surface area contributed by atoms with Gasteiger partial charge in [-0.15, -0.1) is 0 Å². The molecule has 0 N–H and O–H groups in total. The normalized spacial score (nSPS) is 11.0. The molecule has 7 nitrogen and oxygen atoms in total. The van der Waals surface area contributed by atoms with Crippen LogP contribution in [0.5, 0.6) is 0 Å². The van der Waals surface area contributed by atoms with Crippen LogP contribution in [0.3, 0.4) is 0 Å². The van der Waals surface area contributed by atoms with E-state index in [1.165, 1.54) is 18.2 Å². The average Bonchev–Trinajstić information content (AvgIpc) is 3.08. The number of unbranched alkanes of at least 4 members (excludes halogenated alkanes) is 1. The molecule has 0 saturated carbocycles. The number of hydrogen-bond acceptors (Lipinski definition) is 6. The van der Waals surface area contributed by atoms with Crippen molar-refractivity contribution in [3.63, 3.8) is 0 Å². The van der Waals surface area contributed by atoms with Gasteiger partial charge in [-0.3, -0.25) is 10.1 Å². The summed E-state index contributed by atoms with van der Waals surface area (Å²) in [6.07, 6.45) is 2.92. The Labute approximate surface area is 144 Å². The molecule has 128 valence electrons. The predicted octanol–water partition coefficient (Wildman–Crippen LogP) is 4.11. The summed E-state index contributed by atoms with van der Waals surface area (Å²) in [5, 5.41) is 19.8. The molecule has 0 fully saturated rings. The van der Waals surface area contributed by atoms with Crippen LogP contribution in [0.4, 0.5) is 5.69 Å². The largest absolute Gasteiger partial charge is 0.462 e. The predicted molar refractivity (Wildman–Crippen MR) is 90.3 cm³/mol. The van der Waals surface area contributed by atoms with E-state index in [1.54, 1.807) is 30.3 Å². The number of hydrogen-bond donors (Lipinski definition) is 0. The molecule has 0 aliphatic heterocycles. The first-order valence-corrected chi connectivity index (χ1v) is 7.68. The summed E-state index contributed by atoms with van der Waals surface area (Å²) in [4.78, 5) is 22.0. The van der Waals surface area contributed by atoms with Crippen LogP contribution in [0.1, 0.15) is 25.5 Å². The van der Waals surface area contributed by atoms with Gasteiger partial charge < -0.3 is 9.15 Å². The lowest BCUT2D eigenvalue weighted by Gasteiger charge is -2.01. The minimum absolute atomic E-state index is 0.0167. The summed E-state index contributed by atoms with van der Waals surface area (Å²) >= 11 is 0. The number of nitriles is 1. The van der Waals surface area contributed by atoms with Gasteiger partial charge in [-0.1, -0.05) is 13.3 Å². The Morgan fingerprint density at radius 3 is 2.64 bits per heavy atom. The second-order valence-corrected chi connectivity index (χ2v) is 5.17. The Balaban J connectivity index is 2.15. The number of carbonyl (C=O) groups is 1. The lowest BCUT2D eigenvalue weighted by molar-refractivity contribution is -0.384. The van der Waals surface area contributed by atoms with Gasteiger partial charge in [-0.05, 0) is 30.7 Å². The number of ether oxygens (including phenoxy) is 1. The van der Waals surface area contributed by atoms with E-state index in [1.807, 2.05) is 6.92 Å². The van der Waals surface area contributed by atoms with Gasteiger partial charge in [-0.25, -0.2) is 4.79 Å². The molecule has 0 bridgehead atoms. The maximum atomic E-state index is 11.8. The van der Waals surface area contributed by atoms with Crippen molar-refractivity contribution < 1.29 is 18.9 Å². The summed E-state index contributed by atoms with van der Waals surface area (Å²) in [5.74, 6) is 0.0966.